The normalized spacial score (nSPS) is 28.3. The van der Waals surface area contributed by atoms with Crippen LogP contribution in [0.2, 0.25) is 0 Å². The Morgan fingerprint density at radius 3 is 2.83 bits per heavy atom. The van der Waals surface area contributed by atoms with Crippen molar-refractivity contribution in [3.8, 4) is 0 Å². The average Bonchev–Trinajstić information content (AvgIpc) is 3.06. The molecule has 0 radical (unpaired) electrons. The van der Waals surface area contributed by atoms with E-state index in [0.717, 1.165) is 54.4 Å². The zero-order valence-corrected chi connectivity index (χ0v) is 15.2. The molecule has 2 aliphatic heterocycles. The van der Waals surface area contributed by atoms with E-state index in [1.807, 2.05) is 39.5 Å². The first-order valence-electron chi connectivity index (χ1n) is 8.30. The van der Waals surface area contributed by atoms with Crippen molar-refractivity contribution in [1.29, 1.82) is 0 Å². The Balaban J connectivity index is 1.71. The van der Waals surface area contributed by atoms with Gasteiger partial charge in [0.15, 0.2) is 0 Å². The Bertz CT molecular complexity index is 571. The molecule has 2 saturated heterocycles. The quantitative estimate of drug-likeness (QED) is 0.918. The molecular weight excluding hydrogens is 312 g/mol. The van der Waals surface area contributed by atoms with Gasteiger partial charge in [0.1, 0.15) is 5.76 Å². The van der Waals surface area contributed by atoms with Gasteiger partial charge < -0.3 is 14.6 Å². The minimum atomic E-state index is -0.649. The average molecular weight is 338 g/mol. The summed E-state index contributed by atoms with van der Waals surface area (Å²) in [6.07, 6.45) is 2.90. The third kappa shape index (κ3) is 3.15. The van der Waals surface area contributed by atoms with Gasteiger partial charge >= 0.3 is 0 Å². The molecule has 2 atom stereocenters. The van der Waals surface area contributed by atoms with Gasteiger partial charge in [-0.25, -0.2) is 0 Å². The number of hydrogen-bond acceptors (Lipinski definition) is 5. The topological polar surface area (TPSA) is 64.4 Å². The van der Waals surface area contributed by atoms with Gasteiger partial charge in [0.25, 0.3) is 0 Å². The molecule has 1 N–H and O–H groups in total. The fourth-order valence-electron chi connectivity index (χ4n) is 3.87. The van der Waals surface area contributed by atoms with Gasteiger partial charge in [-0.1, -0.05) is 5.16 Å². The van der Waals surface area contributed by atoms with E-state index >= 15 is 0 Å². The molecule has 23 heavy (non-hydrogen) atoms. The minimum Gasteiger partial charge on any atom is -0.374 e. The fourth-order valence-corrected chi connectivity index (χ4v) is 5.25. The van der Waals surface area contributed by atoms with Crippen molar-refractivity contribution in [3.05, 3.63) is 17.0 Å². The zero-order chi connectivity index (χ0) is 16.7. The first-order chi connectivity index (χ1) is 10.8. The molecule has 0 aliphatic carbocycles. The molecule has 3 heterocycles. The molecule has 128 valence electrons. The maximum absolute atomic E-state index is 12.9. The highest BCUT2D eigenvalue weighted by Gasteiger charge is 2.42. The molecule has 2 fully saturated rings. The summed E-state index contributed by atoms with van der Waals surface area (Å²) in [6, 6.07) is 0.190. The Morgan fingerprint density at radius 1 is 1.43 bits per heavy atom. The lowest BCUT2D eigenvalue weighted by atomic mass is 9.81. The summed E-state index contributed by atoms with van der Waals surface area (Å²) in [5.41, 5.74) is 1.02. The number of aromatic nitrogens is 1. The van der Waals surface area contributed by atoms with Gasteiger partial charge in [-0.15, -0.1) is 0 Å². The van der Waals surface area contributed by atoms with Gasteiger partial charge in [0.2, 0.25) is 5.91 Å². The van der Waals surface area contributed by atoms with Crippen LogP contribution >= 0.6 is 11.8 Å². The van der Waals surface area contributed by atoms with Crippen molar-refractivity contribution < 1.29 is 14.1 Å². The van der Waals surface area contributed by atoms with Crippen LogP contribution < -0.4 is 5.32 Å². The van der Waals surface area contributed by atoms with Crippen LogP contribution in [-0.4, -0.2) is 40.8 Å². The van der Waals surface area contributed by atoms with E-state index in [1.54, 1.807) is 0 Å². The lowest BCUT2D eigenvalue weighted by molar-refractivity contribution is -0.129. The lowest BCUT2D eigenvalue weighted by Crippen LogP contribution is -2.52. The molecule has 1 aromatic heterocycles. The predicted molar refractivity (Wildman–Crippen MR) is 90.8 cm³/mol. The fraction of sp³-hybridized carbons (Fsp3) is 0.765. The molecule has 3 rings (SSSR count). The van der Waals surface area contributed by atoms with Crippen LogP contribution in [0, 0.1) is 13.8 Å². The standard InChI is InChI=1S/C17H26N2O3S/c1-11-14(12(2)22-19-11)16(3,4)15(20)18-13-5-7-21-17(9-13)6-8-23-10-17/h13H,5-10H2,1-4H3,(H,18,20)/t13-,17+/m1/s1. The van der Waals surface area contributed by atoms with Gasteiger partial charge in [-0.2, -0.15) is 11.8 Å². The minimum absolute atomic E-state index is 0.0198. The number of nitrogens with zero attached hydrogens (tertiary/aromatic N) is 1. The molecule has 0 aromatic carbocycles. The number of aryl methyl sites for hydroxylation is 2. The maximum atomic E-state index is 12.9. The van der Waals surface area contributed by atoms with E-state index in [0.29, 0.717) is 0 Å². The molecule has 0 bridgehead atoms. The third-order valence-electron chi connectivity index (χ3n) is 5.12. The van der Waals surface area contributed by atoms with E-state index in [1.165, 1.54) is 0 Å². The first-order valence-corrected chi connectivity index (χ1v) is 9.46. The SMILES string of the molecule is Cc1noc(C)c1C(C)(C)C(=O)N[C@@H]1CCO[C@@]2(CCSC2)C1. The molecule has 2 aliphatic rings. The van der Waals surface area contributed by atoms with Gasteiger partial charge in [0.05, 0.1) is 16.7 Å². The summed E-state index contributed by atoms with van der Waals surface area (Å²) >= 11 is 1.95. The highest BCUT2D eigenvalue weighted by atomic mass is 32.2. The number of hydrogen-bond donors (Lipinski definition) is 1. The van der Waals surface area contributed by atoms with Crippen molar-refractivity contribution in [2.75, 3.05) is 18.1 Å². The molecular formula is C17H26N2O3S. The Labute approximate surface area is 141 Å². The van der Waals surface area contributed by atoms with Crippen molar-refractivity contribution in [2.24, 2.45) is 0 Å². The molecule has 1 amide bonds. The van der Waals surface area contributed by atoms with Crippen LogP contribution in [0.15, 0.2) is 4.52 Å². The second-order valence-corrected chi connectivity index (χ2v) is 8.43. The first kappa shape index (κ1) is 16.8. The largest absolute Gasteiger partial charge is 0.374 e. The predicted octanol–water partition coefficient (Wildman–Crippen LogP) is 2.74. The van der Waals surface area contributed by atoms with Crippen molar-refractivity contribution in [1.82, 2.24) is 10.5 Å². The van der Waals surface area contributed by atoms with Gasteiger partial charge in [0, 0.05) is 24.0 Å². The molecule has 0 saturated carbocycles. The zero-order valence-electron chi connectivity index (χ0n) is 14.4. The summed E-state index contributed by atoms with van der Waals surface area (Å²) in [4.78, 5) is 12.9. The maximum Gasteiger partial charge on any atom is 0.230 e. The number of carbonyl (C=O) groups excluding carboxylic acids is 1. The third-order valence-corrected chi connectivity index (χ3v) is 6.34. The Kier molecular flexibility index (Phi) is 4.49. The van der Waals surface area contributed by atoms with Crippen molar-refractivity contribution >= 4 is 17.7 Å². The van der Waals surface area contributed by atoms with Crippen molar-refractivity contribution in [3.63, 3.8) is 0 Å². The number of amides is 1. The molecule has 1 spiro atoms. The number of ether oxygens (including phenoxy) is 1. The summed E-state index contributed by atoms with van der Waals surface area (Å²) in [7, 11) is 0. The van der Waals surface area contributed by atoms with Crippen LogP contribution in [0.1, 0.15) is 50.1 Å². The monoisotopic (exact) mass is 338 g/mol. The highest BCUT2D eigenvalue weighted by Crippen LogP contribution is 2.38. The molecule has 6 heteroatoms. The van der Waals surface area contributed by atoms with E-state index < -0.39 is 5.41 Å². The summed E-state index contributed by atoms with van der Waals surface area (Å²) in [6.45, 7) is 8.37. The number of carbonyl (C=O) groups is 1. The van der Waals surface area contributed by atoms with E-state index in [9.17, 15) is 4.79 Å². The van der Waals surface area contributed by atoms with Crippen LogP contribution in [0.4, 0.5) is 0 Å². The van der Waals surface area contributed by atoms with Crippen molar-refractivity contribution in [2.45, 2.75) is 64.0 Å². The van der Waals surface area contributed by atoms with Crippen LogP contribution in [0.3, 0.4) is 0 Å². The summed E-state index contributed by atoms with van der Waals surface area (Å²) in [5, 5.41) is 7.25. The van der Waals surface area contributed by atoms with E-state index in [2.05, 4.69) is 10.5 Å². The van der Waals surface area contributed by atoms with Crippen LogP contribution in [0.25, 0.3) is 0 Å². The molecule has 1 aromatic rings. The number of nitrogens with one attached hydrogen (secondary N) is 1. The molecule has 0 unspecified atom stereocenters. The van der Waals surface area contributed by atoms with Crippen LogP contribution in [0.5, 0.6) is 0 Å². The molecule has 5 nitrogen and oxygen atoms in total. The highest BCUT2D eigenvalue weighted by molar-refractivity contribution is 7.99. The van der Waals surface area contributed by atoms with Gasteiger partial charge in [-0.3, -0.25) is 4.79 Å². The Hall–Kier alpha value is -1.01. The van der Waals surface area contributed by atoms with Gasteiger partial charge in [-0.05, 0) is 52.7 Å². The number of thioether (sulfide) groups is 1. The Morgan fingerprint density at radius 2 is 2.22 bits per heavy atom. The van der Waals surface area contributed by atoms with E-state index in [-0.39, 0.29) is 17.6 Å². The van der Waals surface area contributed by atoms with Crippen LogP contribution in [-0.2, 0) is 14.9 Å². The second kappa shape index (κ2) is 6.13. The second-order valence-electron chi connectivity index (χ2n) is 7.32. The van der Waals surface area contributed by atoms with E-state index in [4.69, 9.17) is 9.26 Å². The smallest absolute Gasteiger partial charge is 0.230 e. The summed E-state index contributed by atoms with van der Waals surface area (Å²) < 4.78 is 11.3. The summed E-state index contributed by atoms with van der Waals surface area (Å²) in [5.74, 6) is 2.97. The number of rotatable bonds is 3. The lowest BCUT2D eigenvalue weighted by Gasteiger charge is -2.39.